The molecule has 2 aromatic rings. The Bertz CT molecular complexity index is 673. The highest BCUT2D eigenvalue weighted by atomic mass is 32.2. The smallest absolute Gasteiger partial charge is 0.0972 e. The third-order valence-corrected chi connectivity index (χ3v) is 5.54. The van der Waals surface area contributed by atoms with Gasteiger partial charge in [0.25, 0.3) is 0 Å². The number of benzene rings is 2. The molecule has 0 aliphatic rings. The first-order chi connectivity index (χ1) is 12.2. The number of thioether (sulfide) groups is 2. The lowest BCUT2D eigenvalue weighted by Crippen LogP contribution is -1.90. The van der Waals surface area contributed by atoms with Gasteiger partial charge in [-0.3, -0.25) is 0 Å². The normalized spacial score (nSPS) is 12.2. The van der Waals surface area contributed by atoms with Gasteiger partial charge in [-0.15, -0.1) is 11.8 Å². The first-order valence-electron chi connectivity index (χ1n) is 8.88. The van der Waals surface area contributed by atoms with E-state index in [1.165, 1.54) is 23.3 Å². The second-order valence-electron chi connectivity index (χ2n) is 6.13. The van der Waals surface area contributed by atoms with Crippen LogP contribution in [0.5, 0.6) is 0 Å². The first kappa shape index (κ1) is 19.9. The zero-order chi connectivity index (χ0) is 17.9. The van der Waals surface area contributed by atoms with Crippen molar-refractivity contribution in [2.45, 2.75) is 44.4 Å². The summed E-state index contributed by atoms with van der Waals surface area (Å²) < 4.78 is 0. The van der Waals surface area contributed by atoms with Gasteiger partial charge >= 0.3 is 0 Å². The monoisotopic (exact) mass is 369 g/mol. The van der Waals surface area contributed by atoms with Crippen molar-refractivity contribution in [3.05, 3.63) is 71.6 Å². The number of hydrogen-bond acceptors (Lipinski definition) is 3. The minimum absolute atomic E-state index is 0.554. The van der Waals surface area contributed by atoms with Crippen molar-refractivity contribution >= 4 is 34.3 Å². The van der Waals surface area contributed by atoms with E-state index < -0.39 is 0 Å². The Morgan fingerprint density at radius 1 is 1.04 bits per heavy atom. The lowest BCUT2D eigenvalue weighted by atomic mass is 10.0. The zero-order valence-electron chi connectivity index (χ0n) is 15.3. The maximum Gasteiger partial charge on any atom is 0.0972 e. The standard InChI is InChI=1S/C22H27NS2/c1-4-5-16-25-22(15-17-24-21-9-7-6-8-10-21)23-20-13-11-19(12-14-20)18(2)3/h6-15,17-18H,4-5,16H2,1-3H3. The molecule has 3 heteroatoms. The van der Waals surface area contributed by atoms with Gasteiger partial charge < -0.3 is 0 Å². The van der Waals surface area contributed by atoms with Crippen molar-refractivity contribution in [3.63, 3.8) is 0 Å². The summed E-state index contributed by atoms with van der Waals surface area (Å²) in [6.45, 7) is 6.66. The summed E-state index contributed by atoms with van der Waals surface area (Å²) in [5, 5.41) is 3.21. The molecule has 0 aromatic heterocycles. The van der Waals surface area contributed by atoms with E-state index in [0.29, 0.717) is 5.92 Å². The molecule has 0 bridgehead atoms. The van der Waals surface area contributed by atoms with Gasteiger partial charge in [-0.05, 0) is 59.4 Å². The summed E-state index contributed by atoms with van der Waals surface area (Å²) in [6, 6.07) is 19.0. The Morgan fingerprint density at radius 3 is 2.40 bits per heavy atom. The lowest BCUT2D eigenvalue weighted by Gasteiger charge is -2.06. The van der Waals surface area contributed by atoms with Gasteiger partial charge in [-0.25, -0.2) is 4.99 Å². The van der Waals surface area contributed by atoms with E-state index in [9.17, 15) is 0 Å². The SMILES string of the molecule is CCCCSC(C=CSc1ccccc1)=Nc1ccc(C(C)C)cc1. The van der Waals surface area contributed by atoms with Gasteiger partial charge in [0.1, 0.15) is 0 Å². The van der Waals surface area contributed by atoms with Crippen molar-refractivity contribution in [1.82, 2.24) is 0 Å². The van der Waals surface area contributed by atoms with E-state index >= 15 is 0 Å². The Labute approximate surface area is 161 Å². The molecule has 0 heterocycles. The average Bonchev–Trinajstić information content (AvgIpc) is 2.63. The first-order valence-corrected chi connectivity index (χ1v) is 10.7. The number of rotatable bonds is 8. The van der Waals surface area contributed by atoms with Crippen LogP contribution in [0, 0.1) is 0 Å². The minimum Gasteiger partial charge on any atom is -0.242 e. The molecule has 0 saturated heterocycles. The molecule has 2 rings (SSSR count). The number of hydrogen-bond donors (Lipinski definition) is 0. The van der Waals surface area contributed by atoms with Crippen LogP contribution in [-0.2, 0) is 0 Å². The van der Waals surface area contributed by atoms with Crippen molar-refractivity contribution in [1.29, 1.82) is 0 Å². The molecule has 0 radical (unpaired) electrons. The summed E-state index contributed by atoms with van der Waals surface area (Å²) in [6.07, 6.45) is 4.57. The molecule has 25 heavy (non-hydrogen) atoms. The van der Waals surface area contributed by atoms with Gasteiger partial charge in [-0.2, -0.15) is 0 Å². The fourth-order valence-electron chi connectivity index (χ4n) is 2.17. The molecule has 0 spiro atoms. The molecule has 2 aromatic carbocycles. The van der Waals surface area contributed by atoms with Crippen LogP contribution in [0.1, 0.15) is 45.1 Å². The van der Waals surface area contributed by atoms with Crippen molar-refractivity contribution in [3.8, 4) is 0 Å². The fraction of sp³-hybridized carbons (Fsp3) is 0.318. The lowest BCUT2D eigenvalue weighted by molar-refractivity contribution is 0.867. The summed E-state index contributed by atoms with van der Waals surface area (Å²) in [5.41, 5.74) is 2.38. The summed E-state index contributed by atoms with van der Waals surface area (Å²) in [5.74, 6) is 1.67. The van der Waals surface area contributed by atoms with E-state index in [-0.39, 0.29) is 0 Å². The maximum atomic E-state index is 4.84. The molecule has 0 unspecified atom stereocenters. The Hall–Kier alpha value is -1.45. The molecule has 0 atom stereocenters. The molecule has 132 valence electrons. The largest absolute Gasteiger partial charge is 0.242 e. The topological polar surface area (TPSA) is 12.4 Å². The third-order valence-electron chi connectivity index (χ3n) is 3.70. The number of aliphatic imine (C=N–C) groups is 1. The van der Waals surface area contributed by atoms with Crippen LogP contribution < -0.4 is 0 Å². The van der Waals surface area contributed by atoms with Crippen LogP contribution in [0.3, 0.4) is 0 Å². The van der Waals surface area contributed by atoms with E-state index in [1.807, 2.05) is 17.8 Å². The Kier molecular flexibility index (Phi) is 8.92. The average molecular weight is 370 g/mol. The molecule has 0 aliphatic carbocycles. The Balaban J connectivity index is 2.07. The predicted molar refractivity (Wildman–Crippen MR) is 116 cm³/mol. The van der Waals surface area contributed by atoms with Gasteiger partial charge in [-0.1, -0.05) is 69.3 Å². The van der Waals surface area contributed by atoms with Gasteiger partial charge in [0.05, 0.1) is 10.7 Å². The fourth-order valence-corrected chi connectivity index (χ4v) is 3.90. The maximum absolute atomic E-state index is 4.84. The minimum atomic E-state index is 0.554. The molecule has 0 amide bonds. The highest BCUT2D eigenvalue weighted by Crippen LogP contribution is 2.23. The van der Waals surface area contributed by atoms with E-state index in [4.69, 9.17) is 4.99 Å². The van der Waals surface area contributed by atoms with Gasteiger partial charge in [0.15, 0.2) is 0 Å². The zero-order valence-corrected chi connectivity index (χ0v) is 16.9. The molecule has 1 nitrogen and oxygen atoms in total. The second kappa shape index (κ2) is 11.2. The molecular formula is C22H27NS2. The van der Waals surface area contributed by atoms with Gasteiger partial charge in [0.2, 0.25) is 0 Å². The summed E-state index contributed by atoms with van der Waals surface area (Å²) in [4.78, 5) is 6.09. The van der Waals surface area contributed by atoms with Crippen LogP contribution in [0.25, 0.3) is 0 Å². The number of nitrogens with zero attached hydrogens (tertiary/aromatic N) is 1. The van der Waals surface area contributed by atoms with Gasteiger partial charge in [0, 0.05) is 4.90 Å². The van der Waals surface area contributed by atoms with E-state index in [1.54, 1.807) is 11.8 Å². The molecule has 0 saturated carbocycles. The van der Waals surface area contributed by atoms with Crippen molar-refractivity contribution < 1.29 is 0 Å². The third kappa shape index (κ3) is 7.54. The van der Waals surface area contributed by atoms with Crippen LogP contribution in [-0.4, -0.2) is 10.8 Å². The highest BCUT2D eigenvalue weighted by molar-refractivity contribution is 8.14. The quantitative estimate of drug-likeness (QED) is 0.205. The van der Waals surface area contributed by atoms with Crippen molar-refractivity contribution in [2.24, 2.45) is 4.99 Å². The van der Waals surface area contributed by atoms with Crippen molar-refractivity contribution in [2.75, 3.05) is 5.75 Å². The highest BCUT2D eigenvalue weighted by Gasteiger charge is 2.01. The molecule has 0 fully saturated rings. The number of unbranched alkanes of at least 4 members (excludes halogenated alkanes) is 1. The molecular weight excluding hydrogens is 342 g/mol. The second-order valence-corrected chi connectivity index (χ2v) is 8.23. The van der Waals surface area contributed by atoms with Crippen LogP contribution >= 0.6 is 23.5 Å². The van der Waals surface area contributed by atoms with E-state index in [0.717, 1.165) is 16.5 Å². The molecule has 0 aliphatic heterocycles. The van der Waals surface area contributed by atoms with Crippen LogP contribution in [0.15, 0.2) is 76.0 Å². The molecule has 0 N–H and O–H groups in total. The van der Waals surface area contributed by atoms with Crippen LogP contribution in [0.2, 0.25) is 0 Å². The van der Waals surface area contributed by atoms with Crippen LogP contribution in [0.4, 0.5) is 5.69 Å². The van der Waals surface area contributed by atoms with E-state index in [2.05, 4.69) is 80.8 Å². The Morgan fingerprint density at radius 2 is 1.76 bits per heavy atom. The summed E-state index contributed by atoms with van der Waals surface area (Å²) >= 11 is 3.57. The predicted octanol–water partition coefficient (Wildman–Crippen LogP) is 7.68. The summed E-state index contributed by atoms with van der Waals surface area (Å²) in [7, 11) is 0.